The molecular weight excluding hydrogens is 423 g/mol. The Bertz CT molecular complexity index is 942. The molecule has 2 rings (SSSR count). The second kappa shape index (κ2) is 9.60. The first-order valence-corrected chi connectivity index (χ1v) is 10.8. The van der Waals surface area contributed by atoms with Gasteiger partial charge in [-0.25, -0.2) is 13.1 Å². The number of aryl methyl sites for hydroxylation is 1. The molecule has 0 saturated heterocycles. The summed E-state index contributed by atoms with van der Waals surface area (Å²) in [6.45, 7) is 5.63. The van der Waals surface area contributed by atoms with Gasteiger partial charge >= 0.3 is 0 Å². The number of anilines is 1. The van der Waals surface area contributed by atoms with Crippen molar-refractivity contribution >= 4 is 44.8 Å². The molecule has 9 heteroatoms. The van der Waals surface area contributed by atoms with Crippen LogP contribution in [0.4, 0.5) is 5.69 Å². The average molecular weight is 445 g/mol. The highest BCUT2D eigenvalue weighted by atomic mass is 35.5. The molecule has 0 heterocycles. The normalized spacial score (nSPS) is 11.5. The van der Waals surface area contributed by atoms with Crippen LogP contribution in [0.15, 0.2) is 41.3 Å². The SMILES string of the molecule is Cc1cc(S(=O)(=O)NCC(C)C)ccc1OCC(=O)Nc1c(Cl)cccc1Cl. The Balaban J connectivity index is 2.02. The van der Waals surface area contributed by atoms with E-state index < -0.39 is 15.9 Å². The molecule has 2 N–H and O–H groups in total. The minimum absolute atomic E-state index is 0.144. The van der Waals surface area contributed by atoms with Crippen molar-refractivity contribution < 1.29 is 17.9 Å². The van der Waals surface area contributed by atoms with E-state index in [2.05, 4.69) is 10.0 Å². The predicted molar refractivity (Wildman–Crippen MR) is 112 cm³/mol. The lowest BCUT2D eigenvalue weighted by atomic mass is 10.2. The number of para-hydroxylation sites is 1. The molecule has 0 unspecified atom stereocenters. The second-order valence-corrected chi connectivity index (χ2v) is 9.19. The van der Waals surface area contributed by atoms with Gasteiger partial charge in [-0.1, -0.05) is 43.1 Å². The molecule has 0 aliphatic rings. The molecule has 28 heavy (non-hydrogen) atoms. The fourth-order valence-corrected chi connectivity index (χ4v) is 4.04. The van der Waals surface area contributed by atoms with E-state index in [9.17, 15) is 13.2 Å². The number of nitrogens with one attached hydrogen (secondary N) is 2. The van der Waals surface area contributed by atoms with E-state index in [1.54, 1.807) is 25.1 Å². The maximum atomic E-state index is 12.3. The zero-order valence-electron chi connectivity index (χ0n) is 15.8. The number of hydrogen-bond acceptors (Lipinski definition) is 4. The smallest absolute Gasteiger partial charge is 0.262 e. The molecule has 0 aliphatic heterocycles. The fourth-order valence-electron chi connectivity index (χ4n) is 2.25. The predicted octanol–water partition coefficient (Wildman–Crippen LogP) is 4.25. The first kappa shape index (κ1) is 22.5. The summed E-state index contributed by atoms with van der Waals surface area (Å²) in [5.41, 5.74) is 0.907. The third-order valence-corrected chi connectivity index (χ3v) is 5.78. The van der Waals surface area contributed by atoms with Gasteiger partial charge in [0.15, 0.2) is 6.61 Å². The van der Waals surface area contributed by atoms with Crippen LogP contribution < -0.4 is 14.8 Å². The standard InChI is InChI=1S/C19H22Cl2N2O4S/c1-12(2)10-22-28(25,26)14-7-8-17(13(3)9-14)27-11-18(24)23-19-15(20)5-4-6-16(19)21/h4-9,12,22H,10-11H2,1-3H3,(H,23,24). The van der Waals surface area contributed by atoms with Crippen molar-refractivity contribution in [3.05, 3.63) is 52.0 Å². The van der Waals surface area contributed by atoms with Crippen molar-refractivity contribution in [3.63, 3.8) is 0 Å². The van der Waals surface area contributed by atoms with E-state index >= 15 is 0 Å². The summed E-state index contributed by atoms with van der Waals surface area (Å²) in [5.74, 6) is 0.163. The summed E-state index contributed by atoms with van der Waals surface area (Å²) in [7, 11) is -3.59. The van der Waals surface area contributed by atoms with E-state index in [4.69, 9.17) is 27.9 Å². The number of ether oxygens (including phenoxy) is 1. The number of rotatable bonds is 8. The summed E-state index contributed by atoms with van der Waals surface area (Å²) in [6.07, 6.45) is 0. The van der Waals surface area contributed by atoms with Gasteiger partial charge in [0.25, 0.3) is 5.91 Å². The van der Waals surface area contributed by atoms with Gasteiger partial charge in [0.1, 0.15) is 5.75 Å². The maximum Gasteiger partial charge on any atom is 0.262 e. The zero-order chi connectivity index (χ0) is 20.9. The van der Waals surface area contributed by atoms with Crippen LogP contribution in [-0.2, 0) is 14.8 Å². The summed E-state index contributed by atoms with van der Waals surface area (Å²) in [5, 5.41) is 3.24. The molecule has 0 aromatic heterocycles. The Hall–Kier alpha value is -1.80. The quantitative estimate of drug-likeness (QED) is 0.636. The van der Waals surface area contributed by atoms with Crippen LogP contribution in [0.1, 0.15) is 19.4 Å². The number of carbonyl (C=O) groups is 1. The minimum Gasteiger partial charge on any atom is -0.483 e. The van der Waals surface area contributed by atoms with E-state index in [1.165, 1.54) is 18.2 Å². The van der Waals surface area contributed by atoms with E-state index in [0.29, 0.717) is 33.6 Å². The number of carbonyl (C=O) groups excluding carboxylic acids is 1. The topological polar surface area (TPSA) is 84.5 Å². The first-order valence-electron chi connectivity index (χ1n) is 8.57. The molecule has 152 valence electrons. The molecular formula is C19H22Cl2N2O4S. The van der Waals surface area contributed by atoms with Crippen LogP contribution in [0.25, 0.3) is 0 Å². The Kier molecular flexibility index (Phi) is 7.71. The van der Waals surface area contributed by atoms with Crippen molar-refractivity contribution in [2.75, 3.05) is 18.5 Å². The maximum absolute atomic E-state index is 12.3. The zero-order valence-corrected chi connectivity index (χ0v) is 18.1. The van der Waals surface area contributed by atoms with Gasteiger partial charge < -0.3 is 10.1 Å². The third kappa shape index (κ3) is 6.10. The molecule has 6 nitrogen and oxygen atoms in total. The highest BCUT2D eigenvalue weighted by Crippen LogP contribution is 2.29. The van der Waals surface area contributed by atoms with Gasteiger partial charge in [0.05, 0.1) is 20.6 Å². The molecule has 2 aromatic rings. The second-order valence-electron chi connectivity index (χ2n) is 6.61. The summed E-state index contributed by atoms with van der Waals surface area (Å²) in [4.78, 5) is 12.3. The lowest BCUT2D eigenvalue weighted by Gasteiger charge is -2.13. The third-order valence-electron chi connectivity index (χ3n) is 3.72. The number of hydrogen-bond donors (Lipinski definition) is 2. The molecule has 0 spiro atoms. The number of benzene rings is 2. The van der Waals surface area contributed by atoms with Crippen LogP contribution in [0.3, 0.4) is 0 Å². The van der Waals surface area contributed by atoms with Gasteiger partial charge in [0.2, 0.25) is 10.0 Å². The monoisotopic (exact) mass is 444 g/mol. The Labute approximate surface area is 175 Å². The molecule has 0 aliphatic carbocycles. The van der Waals surface area contributed by atoms with Crippen LogP contribution >= 0.6 is 23.2 Å². The summed E-state index contributed by atoms with van der Waals surface area (Å²) >= 11 is 12.0. The molecule has 0 radical (unpaired) electrons. The van der Waals surface area contributed by atoms with Crippen molar-refractivity contribution in [2.45, 2.75) is 25.7 Å². The van der Waals surface area contributed by atoms with Crippen LogP contribution in [0, 0.1) is 12.8 Å². The highest BCUT2D eigenvalue weighted by molar-refractivity contribution is 7.89. The Morgan fingerprint density at radius 2 is 1.79 bits per heavy atom. The molecule has 0 atom stereocenters. The largest absolute Gasteiger partial charge is 0.483 e. The lowest BCUT2D eigenvalue weighted by molar-refractivity contribution is -0.118. The van der Waals surface area contributed by atoms with Crippen LogP contribution in [0.2, 0.25) is 10.0 Å². The van der Waals surface area contributed by atoms with Crippen LogP contribution in [0.5, 0.6) is 5.75 Å². The Morgan fingerprint density at radius 3 is 2.36 bits per heavy atom. The van der Waals surface area contributed by atoms with E-state index in [1.807, 2.05) is 13.8 Å². The lowest BCUT2D eigenvalue weighted by Crippen LogP contribution is -2.27. The van der Waals surface area contributed by atoms with Crippen molar-refractivity contribution in [3.8, 4) is 5.75 Å². The molecule has 1 amide bonds. The number of sulfonamides is 1. The first-order chi connectivity index (χ1) is 13.1. The number of halogens is 2. The van der Waals surface area contributed by atoms with Crippen molar-refractivity contribution in [1.29, 1.82) is 0 Å². The minimum atomic E-state index is -3.59. The molecule has 2 aromatic carbocycles. The van der Waals surface area contributed by atoms with Gasteiger partial charge in [-0.2, -0.15) is 0 Å². The Morgan fingerprint density at radius 1 is 1.14 bits per heavy atom. The average Bonchev–Trinajstić information content (AvgIpc) is 2.62. The van der Waals surface area contributed by atoms with E-state index in [0.717, 1.165) is 0 Å². The molecule has 0 fully saturated rings. The molecule has 0 saturated carbocycles. The van der Waals surface area contributed by atoms with Gasteiger partial charge in [-0.15, -0.1) is 0 Å². The summed E-state index contributed by atoms with van der Waals surface area (Å²) in [6, 6.07) is 9.36. The van der Waals surface area contributed by atoms with Gasteiger partial charge in [-0.3, -0.25) is 4.79 Å². The fraction of sp³-hybridized carbons (Fsp3) is 0.316. The van der Waals surface area contributed by atoms with Crippen molar-refractivity contribution in [1.82, 2.24) is 4.72 Å². The highest BCUT2D eigenvalue weighted by Gasteiger charge is 2.16. The molecule has 0 bridgehead atoms. The van der Waals surface area contributed by atoms with Gasteiger partial charge in [0, 0.05) is 6.54 Å². The van der Waals surface area contributed by atoms with Crippen molar-refractivity contribution in [2.24, 2.45) is 5.92 Å². The van der Waals surface area contributed by atoms with E-state index in [-0.39, 0.29) is 17.4 Å². The van der Waals surface area contributed by atoms with Gasteiger partial charge in [-0.05, 0) is 48.7 Å². The van der Waals surface area contributed by atoms with Crippen LogP contribution in [-0.4, -0.2) is 27.5 Å². The number of amides is 1. The summed E-state index contributed by atoms with van der Waals surface area (Å²) < 4.78 is 32.6.